The van der Waals surface area contributed by atoms with E-state index in [0.29, 0.717) is 0 Å². The van der Waals surface area contributed by atoms with Crippen molar-refractivity contribution in [2.45, 2.75) is 46.3 Å². The molecule has 78 valence electrons. The van der Waals surface area contributed by atoms with E-state index in [-0.39, 0.29) is 17.4 Å². The van der Waals surface area contributed by atoms with Gasteiger partial charge in [-0.25, -0.2) is 5.48 Å². The summed E-state index contributed by atoms with van der Waals surface area (Å²) < 4.78 is 0. The first-order valence-corrected chi connectivity index (χ1v) is 4.47. The van der Waals surface area contributed by atoms with Crippen molar-refractivity contribution in [3.63, 3.8) is 0 Å². The zero-order valence-electron chi connectivity index (χ0n) is 9.05. The molecule has 1 atom stereocenters. The molecule has 0 bridgehead atoms. The van der Waals surface area contributed by atoms with Gasteiger partial charge in [0.05, 0.1) is 11.6 Å². The van der Waals surface area contributed by atoms with Crippen molar-refractivity contribution < 1.29 is 9.63 Å². The average molecular weight is 188 g/mol. The molecule has 0 aromatic heterocycles. The van der Waals surface area contributed by atoms with Gasteiger partial charge in [0.15, 0.2) is 0 Å². The Bertz CT molecular complexity index is 173. The predicted octanol–water partition coefficient (Wildman–Crippen LogP) is 0.816. The van der Waals surface area contributed by atoms with Gasteiger partial charge in [0, 0.05) is 0 Å². The van der Waals surface area contributed by atoms with Gasteiger partial charge < -0.3 is 5.73 Å². The minimum atomic E-state index is -0.512. The molecule has 0 saturated carbocycles. The first kappa shape index (κ1) is 12.4. The van der Waals surface area contributed by atoms with Crippen LogP contribution in [0, 0.1) is 5.92 Å². The van der Waals surface area contributed by atoms with Crippen LogP contribution in [0.2, 0.25) is 0 Å². The Labute approximate surface area is 79.8 Å². The first-order valence-electron chi connectivity index (χ1n) is 4.47. The van der Waals surface area contributed by atoms with Crippen LogP contribution in [0.25, 0.3) is 0 Å². The van der Waals surface area contributed by atoms with Crippen LogP contribution in [0.15, 0.2) is 0 Å². The second kappa shape index (κ2) is 4.58. The third-order valence-corrected chi connectivity index (χ3v) is 1.48. The minimum Gasteiger partial charge on any atom is -0.320 e. The molecular formula is C9H20N2O2. The second-order valence-electron chi connectivity index (χ2n) is 4.45. The van der Waals surface area contributed by atoms with E-state index < -0.39 is 6.04 Å². The molecule has 0 saturated heterocycles. The van der Waals surface area contributed by atoms with Gasteiger partial charge in [-0.2, -0.15) is 0 Å². The third-order valence-electron chi connectivity index (χ3n) is 1.48. The Morgan fingerprint density at radius 1 is 1.38 bits per heavy atom. The lowest BCUT2D eigenvalue weighted by Gasteiger charge is -2.21. The molecule has 0 heterocycles. The SMILES string of the molecule is CC(C)C(N)C(=O)NOC(C)(C)C. The fourth-order valence-corrected chi connectivity index (χ4v) is 0.574. The van der Waals surface area contributed by atoms with Crippen LogP contribution < -0.4 is 11.2 Å². The maximum atomic E-state index is 11.3. The molecule has 1 unspecified atom stereocenters. The third kappa shape index (κ3) is 5.60. The highest BCUT2D eigenvalue weighted by Gasteiger charge is 2.19. The summed E-state index contributed by atoms with van der Waals surface area (Å²) in [4.78, 5) is 16.4. The van der Waals surface area contributed by atoms with Crippen LogP contribution in [0.4, 0.5) is 0 Å². The summed E-state index contributed by atoms with van der Waals surface area (Å²) in [5, 5.41) is 0. The van der Waals surface area contributed by atoms with Crippen LogP contribution in [-0.2, 0) is 9.63 Å². The molecule has 0 radical (unpaired) electrons. The summed E-state index contributed by atoms with van der Waals surface area (Å²) in [6, 6.07) is -0.512. The molecule has 3 N–H and O–H groups in total. The highest BCUT2D eigenvalue weighted by atomic mass is 16.7. The second-order valence-corrected chi connectivity index (χ2v) is 4.45. The lowest BCUT2D eigenvalue weighted by Crippen LogP contribution is -2.46. The van der Waals surface area contributed by atoms with Crippen molar-refractivity contribution in [2.24, 2.45) is 11.7 Å². The zero-order valence-corrected chi connectivity index (χ0v) is 9.05. The van der Waals surface area contributed by atoms with E-state index in [4.69, 9.17) is 10.6 Å². The fraction of sp³-hybridized carbons (Fsp3) is 0.889. The number of carbonyl (C=O) groups is 1. The molecule has 0 aliphatic carbocycles. The van der Waals surface area contributed by atoms with Crippen LogP contribution in [0.3, 0.4) is 0 Å². The number of nitrogens with two attached hydrogens (primary N) is 1. The van der Waals surface area contributed by atoms with Gasteiger partial charge in [-0.15, -0.1) is 0 Å². The number of hydrogen-bond acceptors (Lipinski definition) is 3. The maximum absolute atomic E-state index is 11.3. The lowest BCUT2D eigenvalue weighted by molar-refractivity contribution is -0.147. The lowest BCUT2D eigenvalue weighted by atomic mass is 10.1. The Hall–Kier alpha value is -0.610. The summed E-state index contributed by atoms with van der Waals surface area (Å²) in [6.45, 7) is 9.35. The molecule has 0 aromatic carbocycles. The largest absolute Gasteiger partial charge is 0.320 e. The molecule has 1 amide bonds. The van der Waals surface area contributed by atoms with E-state index >= 15 is 0 Å². The molecule has 0 rings (SSSR count). The number of nitrogens with one attached hydrogen (secondary N) is 1. The van der Waals surface area contributed by atoms with Crippen LogP contribution >= 0.6 is 0 Å². The van der Waals surface area contributed by atoms with Gasteiger partial charge in [0.2, 0.25) is 0 Å². The summed E-state index contributed by atoms with van der Waals surface area (Å²) in [7, 11) is 0. The van der Waals surface area contributed by atoms with Crippen molar-refractivity contribution in [2.75, 3.05) is 0 Å². The topological polar surface area (TPSA) is 64.4 Å². The summed E-state index contributed by atoms with van der Waals surface area (Å²) in [5.74, 6) is -0.159. The van der Waals surface area contributed by atoms with Crippen molar-refractivity contribution in [3.05, 3.63) is 0 Å². The van der Waals surface area contributed by atoms with Crippen LogP contribution in [0.5, 0.6) is 0 Å². The van der Waals surface area contributed by atoms with E-state index in [1.54, 1.807) is 0 Å². The van der Waals surface area contributed by atoms with Gasteiger partial charge in [-0.3, -0.25) is 9.63 Å². The van der Waals surface area contributed by atoms with E-state index in [1.807, 2.05) is 34.6 Å². The molecular weight excluding hydrogens is 168 g/mol. The van der Waals surface area contributed by atoms with Crippen LogP contribution in [-0.4, -0.2) is 17.6 Å². The average Bonchev–Trinajstić information content (AvgIpc) is 1.97. The number of hydrogen-bond donors (Lipinski definition) is 2. The monoisotopic (exact) mass is 188 g/mol. The highest BCUT2D eigenvalue weighted by Crippen LogP contribution is 2.04. The molecule has 0 fully saturated rings. The molecule has 4 nitrogen and oxygen atoms in total. The normalized spacial score (nSPS) is 14.4. The highest BCUT2D eigenvalue weighted by molar-refractivity contribution is 5.80. The van der Waals surface area contributed by atoms with E-state index in [9.17, 15) is 4.79 Å². The van der Waals surface area contributed by atoms with Crippen molar-refractivity contribution >= 4 is 5.91 Å². The first-order chi connectivity index (χ1) is 5.74. The summed E-state index contributed by atoms with van der Waals surface area (Å²) >= 11 is 0. The molecule has 4 heteroatoms. The van der Waals surface area contributed by atoms with Gasteiger partial charge in [0.1, 0.15) is 0 Å². The number of amides is 1. The Balaban J connectivity index is 3.89. The number of rotatable bonds is 3. The molecule has 0 aromatic rings. The number of hydroxylamine groups is 1. The minimum absolute atomic E-state index is 0.114. The molecule has 13 heavy (non-hydrogen) atoms. The summed E-state index contributed by atoms with van der Waals surface area (Å²) in [5.41, 5.74) is 7.55. The van der Waals surface area contributed by atoms with Gasteiger partial charge in [0.25, 0.3) is 5.91 Å². The van der Waals surface area contributed by atoms with Gasteiger partial charge >= 0.3 is 0 Å². The Kier molecular flexibility index (Phi) is 4.36. The molecule has 0 spiro atoms. The van der Waals surface area contributed by atoms with E-state index in [0.717, 1.165) is 0 Å². The van der Waals surface area contributed by atoms with E-state index in [1.165, 1.54) is 0 Å². The van der Waals surface area contributed by atoms with Gasteiger partial charge in [-0.05, 0) is 26.7 Å². The summed E-state index contributed by atoms with van der Waals surface area (Å²) in [6.07, 6.45) is 0. The Morgan fingerprint density at radius 2 is 1.85 bits per heavy atom. The molecule has 0 aliphatic heterocycles. The predicted molar refractivity (Wildman–Crippen MR) is 51.8 cm³/mol. The van der Waals surface area contributed by atoms with Crippen molar-refractivity contribution in [1.29, 1.82) is 0 Å². The van der Waals surface area contributed by atoms with E-state index in [2.05, 4.69) is 5.48 Å². The molecule has 0 aliphatic rings. The fourth-order valence-electron chi connectivity index (χ4n) is 0.574. The number of carbonyl (C=O) groups excluding carboxylic acids is 1. The standard InChI is InChI=1S/C9H20N2O2/c1-6(2)7(10)8(12)11-13-9(3,4)5/h6-7H,10H2,1-5H3,(H,11,12). The maximum Gasteiger partial charge on any atom is 0.260 e. The van der Waals surface area contributed by atoms with Gasteiger partial charge in [-0.1, -0.05) is 13.8 Å². The van der Waals surface area contributed by atoms with Crippen LogP contribution in [0.1, 0.15) is 34.6 Å². The Morgan fingerprint density at radius 3 is 2.15 bits per heavy atom. The smallest absolute Gasteiger partial charge is 0.260 e. The zero-order chi connectivity index (χ0) is 10.6. The van der Waals surface area contributed by atoms with Crippen molar-refractivity contribution in [3.8, 4) is 0 Å². The van der Waals surface area contributed by atoms with Crippen molar-refractivity contribution in [1.82, 2.24) is 5.48 Å². The quantitative estimate of drug-likeness (QED) is 0.644.